The molecule has 1 aromatic carbocycles. The number of hydrogen-bond acceptors (Lipinski definition) is 5. The summed E-state index contributed by atoms with van der Waals surface area (Å²) in [6.45, 7) is 6.15. The molecule has 3 heterocycles. The number of thiazole rings is 2. The van der Waals surface area contributed by atoms with Crippen LogP contribution in [0.15, 0.2) is 47.3 Å². The van der Waals surface area contributed by atoms with Gasteiger partial charge in [-0.15, -0.1) is 22.7 Å². The Kier molecular flexibility index (Phi) is 5.11. The lowest BCUT2D eigenvalue weighted by molar-refractivity contribution is -0.115. The summed E-state index contributed by atoms with van der Waals surface area (Å²) < 4.78 is 2.14. The number of aromatic nitrogens is 3. The molecule has 0 aliphatic rings. The quantitative estimate of drug-likeness (QED) is 0.496. The van der Waals surface area contributed by atoms with Gasteiger partial charge in [-0.2, -0.15) is 0 Å². The number of hydrogen-bond donors (Lipinski definition) is 1. The summed E-state index contributed by atoms with van der Waals surface area (Å²) in [5.41, 5.74) is 6.13. The van der Waals surface area contributed by atoms with Gasteiger partial charge in [0, 0.05) is 39.6 Å². The van der Waals surface area contributed by atoms with Gasteiger partial charge in [0.25, 0.3) is 0 Å². The predicted octanol–water partition coefficient (Wildman–Crippen LogP) is 5.16. The number of rotatable bonds is 5. The lowest BCUT2D eigenvalue weighted by atomic mass is 10.2. The number of anilines is 1. The first-order valence-corrected chi connectivity index (χ1v) is 10.7. The molecule has 142 valence electrons. The normalized spacial score (nSPS) is 11.0. The molecule has 0 unspecified atom stereocenters. The van der Waals surface area contributed by atoms with Crippen LogP contribution in [0.25, 0.3) is 16.4 Å². The van der Waals surface area contributed by atoms with Crippen molar-refractivity contribution in [3.8, 4) is 16.4 Å². The maximum absolute atomic E-state index is 12.4. The average Bonchev–Trinajstić information content (AvgIpc) is 3.36. The Balaban J connectivity index is 1.52. The Morgan fingerprint density at radius 2 is 2.04 bits per heavy atom. The molecular weight excluding hydrogens is 388 g/mol. The van der Waals surface area contributed by atoms with E-state index in [0.29, 0.717) is 0 Å². The zero-order valence-corrected chi connectivity index (χ0v) is 17.5. The first-order valence-electron chi connectivity index (χ1n) is 8.91. The number of amides is 1. The molecule has 5 nitrogen and oxygen atoms in total. The van der Waals surface area contributed by atoms with E-state index in [1.54, 1.807) is 11.3 Å². The van der Waals surface area contributed by atoms with Crippen LogP contribution in [-0.2, 0) is 11.2 Å². The molecule has 0 aliphatic carbocycles. The van der Waals surface area contributed by atoms with E-state index < -0.39 is 0 Å². The summed E-state index contributed by atoms with van der Waals surface area (Å²) >= 11 is 3.12. The van der Waals surface area contributed by atoms with Crippen LogP contribution in [0.5, 0.6) is 0 Å². The van der Waals surface area contributed by atoms with Crippen LogP contribution in [0, 0.1) is 20.8 Å². The second-order valence-corrected chi connectivity index (χ2v) is 8.47. The van der Waals surface area contributed by atoms with E-state index in [2.05, 4.69) is 34.8 Å². The molecule has 0 radical (unpaired) electrons. The highest BCUT2D eigenvalue weighted by atomic mass is 32.1. The first kappa shape index (κ1) is 18.6. The summed E-state index contributed by atoms with van der Waals surface area (Å²) in [6.07, 6.45) is 2.08. The molecule has 0 saturated heterocycles. The monoisotopic (exact) mass is 408 g/mol. The van der Waals surface area contributed by atoms with E-state index in [1.165, 1.54) is 11.3 Å². The molecule has 28 heavy (non-hydrogen) atoms. The average molecular weight is 409 g/mol. The lowest BCUT2D eigenvalue weighted by Crippen LogP contribution is -2.14. The fraction of sp³-hybridized carbons (Fsp3) is 0.190. The minimum Gasteiger partial charge on any atom is -0.326 e. The van der Waals surface area contributed by atoms with Crippen molar-refractivity contribution in [2.45, 2.75) is 27.2 Å². The van der Waals surface area contributed by atoms with Gasteiger partial charge >= 0.3 is 0 Å². The Labute approximate surface area is 171 Å². The minimum absolute atomic E-state index is 0.0558. The van der Waals surface area contributed by atoms with E-state index in [1.807, 2.05) is 48.1 Å². The number of benzene rings is 1. The zero-order valence-electron chi connectivity index (χ0n) is 15.9. The molecule has 0 atom stereocenters. The Hall–Kier alpha value is -2.77. The number of nitrogens with one attached hydrogen (secondary N) is 1. The van der Waals surface area contributed by atoms with Crippen molar-refractivity contribution >= 4 is 34.3 Å². The summed E-state index contributed by atoms with van der Waals surface area (Å²) in [5.74, 6) is -0.0558. The SMILES string of the molecule is Cc1cccc(NC(=O)Cc2nc(-c3cc(C)n(-c4nccs4)c3C)cs2)c1. The summed E-state index contributed by atoms with van der Waals surface area (Å²) in [6, 6.07) is 9.92. The van der Waals surface area contributed by atoms with Gasteiger partial charge in [-0.25, -0.2) is 9.97 Å². The van der Waals surface area contributed by atoms with Gasteiger partial charge in [0.2, 0.25) is 5.91 Å². The molecule has 0 aliphatic heterocycles. The molecule has 0 spiro atoms. The van der Waals surface area contributed by atoms with Crippen LogP contribution in [0.4, 0.5) is 5.69 Å². The maximum Gasteiger partial charge on any atom is 0.231 e. The fourth-order valence-electron chi connectivity index (χ4n) is 3.22. The zero-order chi connectivity index (χ0) is 19.7. The van der Waals surface area contributed by atoms with Crippen molar-refractivity contribution in [3.63, 3.8) is 0 Å². The minimum atomic E-state index is -0.0558. The van der Waals surface area contributed by atoms with Crippen molar-refractivity contribution in [2.75, 3.05) is 5.32 Å². The Bertz CT molecular complexity index is 1130. The number of carbonyl (C=O) groups is 1. The fourth-order valence-corrected chi connectivity index (χ4v) is 4.77. The second-order valence-electron chi connectivity index (χ2n) is 6.66. The van der Waals surface area contributed by atoms with Crippen molar-refractivity contribution in [2.24, 2.45) is 0 Å². The lowest BCUT2D eigenvalue weighted by Gasteiger charge is -2.05. The largest absolute Gasteiger partial charge is 0.326 e. The first-order chi connectivity index (χ1) is 13.5. The van der Waals surface area contributed by atoms with Crippen molar-refractivity contribution in [1.82, 2.24) is 14.5 Å². The third-order valence-electron chi connectivity index (χ3n) is 4.48. The number of aryl methyl sites for hydroxylation is 2. The molecular formula is C21H20N4OS2. The predicted molar refractivity (Wildman–Crippen MR) is 116 cm³/mol. The summed E-state index contributed by atoms with van der Waals surface area (Å²) in [7, 11) is 0. The van der Waals surface area contributed by atoms with Gasteiger partial charge in [0.1, 0.15) is 5.01 Å². The van der Waals surface area contributed by atoms with Gasteiger partial charge in [-0.05, 0) is 44.5 Å². The van der Waals surface area contributed by atoms with Crippen LogP contribution >= 0.6 is 22.7 Å². The van der Waals surface area contributed by atoms with Gasteiger partial charge < -0.3 is 5.32 Å². The molecule has 0 fully saturated rings. The number of carbonyl (C=O) groups excluding carboxylic acids is 1. The van der Waals surface area contributed by atoms with Crippen LogP contribution in [0.3, 0.4) is 0 Å². The van der Waals surface area contributed by atoms with Crippen LogP contribution < -0.4 is 5.32 Å². The smallest absolute Gasteiger partial charge is 0.231 e. The molecule has 1 N–H and O–H groups in total. The molecule has 1 amide bonds. The summed E-state index contributed by atoms with van der Waals surface area (Å²) in [4.78, 5) is 21.5. The molecule has 3 aromatic heterocycles. The topological polar surface area (TPSA) is 59.8 Å². The van der Waals surface area contributed by atoms with Gasteiger partial charge in [-0.1, -0.05) is 12.1 Å². The molecule has 7 heteroatoms. The Morgan fingerprint density at radius 1 is 1.18 bits per heavy atom. The molecule has 0 saturated carbocycles. The van der Waals surface area contributed by atoms with Gasteiger partial charge in [0.15, 0.2) is 5.13 Å². The van der Waals surface area contributed by atoms with E-state index >= 15 is 0 Å². The van der Waals surface area contributed by atoms with Crippen molar-refractivity contribution in [1.29, 1.82) is 0 Å². The molecule has 0 bridgehead atoms. The third kappa shape index (κ3) is 3.76. The Morgan fingerprint density at radius 3 is 2.79 bits per heavy atom. The van der Waals surface area contributed by atoms with E-state index in [-0.39, 0.29) is 12.3 Å². The summed E-state index contributed by atoms with van der Waals surface area (Å²) in [5, 5.41) is 8.69. The standard InChI is InChI=1S/C21H20N4OS2/c1-13-5-4-6-16(9-13)23-19(26)11-20-24-18(12-28-20)17-10-14(2)25(15(17)3)21-22-7-8-27-21/h4-10,12H,11H2,1-3H3,(H,23,26). The van der Waals surface area contributed by atoms with Crippen molar-refractivity contribution in [3.05, 3.63) is 69.2 Å². The highest BCUT2D eigenvalue weighted by Gasteiger charge is 2.17. The van der Waals surface area contributed by atoms with Crippen LogP contribution in [0.2, 0.25) is 0 Å². The van der Waals surface area contributed by atoms with Crippen LogP contribution in [0.1, 0.15) is 22.0 Å². The van der Waals surface area contributed by atoms with E-state index in [4.69, 9.17) is 4.98 Å². The van der Waals surface area contributed by atoms with Crippen LogP contribution in [-0.4, -0.2) is 20.4 Å². The maximum atomic E-state index is 12.4. The molecule has 4 aromatic rings. The highest BCUT2D eigenvalue weighted by molar-refractivity contribution is 7.12. The van der Waals surface area contributed by atoms with Crippen molar-refractivity contribution < 1.29 is 4.79 Å². The third-order valence-corrected chi connectivity index (χ3v) is 6.09. The van der Waals surface area contributed by atoms with Gasteiger partial charge in [0.05, 0.1) is 12.1 Å². The number of nitrogens with zero attached hydrogens (tertiary/aromatic N) is 3. The van der Waals surface area contributed by atoms with E-state index in [9.17, 15) is 4.79 Å². The second kappa shape index (κ2) is 7.69. The highest BCUT2D eigenvalue weighted by Crippen LogP contribution is 2.31. The molecule has 4 rings (SSSR count). The van der Waals surface area contributed by atoms with Gasteiger partial charge in [-0.3, -0.25) is 9.36 Å². The van der Waals surface area contributed by atoms with E-state index in [0.717, 1.165) is 44.0 Å².